The van der Waals surface area contributed by atoms with E-state index in [1.807, 2.05) is 13.8 Å². The van der Waals surface area contributed by atoms with Crippen LogP contribution in [-0.4, -0.2) is 42.9 Å². The molecule has 0 spiro atoms. The van der Waals surface area contributed by atoms with Crippen molar-refractivity contribution >= 4 is 30.3 Å². The lowest BCUT2D eigenvalue weighted by molar-refractivity contribution is -0.140. The lowest BCUT2D eigenvalue weighted by atomic mass is 9.96. The molecule has 8 nitrogen and oxygen atoms in total. The molecule has 3 unspecified atom stereocenters. The molecule has 0 radical (unpaired) electrons. The maximum Gasteiger partial charge on any atom is 0.290 e. The zero-order valence-electron chi connectivity index (χ0n) is 15.4. The number of hydrogen-bond acceptors (Lipinski definition) is 5. The van der Waals surface area contributed by atoms with Crippen molar-refractivity contribution < 1.29 is 24.0 Å². The third-order valence-electron chi connectivity index (χ3n) is 4.17. The Bertz CT molecular complexity index is 663. The van der Waals surface area contributed by atoms with Crippen LogP contribution in [0, 0.1) is 5.92 Å². The zero-order valence-corrected chi connectivity index (χ0v) is 15.4. The molecule has 0 aliphatic rings. The van der Waals surface area contributed by atoms with E-state index >= 15 is 0 Å². The van der Waals surface area contributed by atoms with E-state index < -0.39 is 36.2 Å². The van der Waals surface area contributed by atoms with Crippen molar-refractivity contribution in [1.29, 1.82) is 0 Å². The average Bonchev–Trinajstić information content (AvgIpc) is 2.69. The molecule has 0 aromatic heterocycles. The summed E-state index contributed by atoms with van der Waals surface area (Å²) in [6.45, 7) is 3.38. The summed E-state index contributed by atoms with van der Waals surface area (Å²) in [5.74, 6) is -2.25. The maximum absolute atomic E-state index is 12.2. The molecule has 8 heteroatoms. The number of nitrogens with one attached hydrogen (secondary N) is 3. The second-order valence-electron chi connectivity index (χ2n) is 6.23. The summed E-state index contributed by atoms with van der Waals surface area (Å²) >= 11 is 0. The quantitative estimate of drug-likeness (QED) is 0.358. The number of aldehydes is 1. The highest BCUT2D eigenvalue weighted by atomic mass is 16.2. The first kappa shape index (κ1) is 22.0. The smallest absolute Gasteiger partial charge is 0.290 e. The van der Waals surface area contributed by atoms with Crippen LogP contribution in [0.25, 0.3) is 0 Å². The van der Waals surface area contributed by atoms with Gasteiger partial charge in [0.25, 0.3) is 5.91 Å². The Balaban J connectivity index is 2.58. The summed E-state index contributed by atoms with van der Waals surface area (Å²) in [4.78, 5) is 58.0. The van der Waals surface area contributed by atoms with Gasteiger partial charge in [-0.1, -0.05) is 50.6 Å². The summed E-state index contributed by atoms with van der Waals surface area (Å²) in [5.41, 5.74) is 0.604. The number of benzene rings is 1. The van der Waals surface area contributed by atoms with E-state index in [4.69, 9.17) is 0 Å². The molecule has 0 fully saturated rings. The summed E-state index contributed by atoms with van der Waals surface area (Å²) < 4.78 is 0. The van der Waals surface area contributed by atoms with Crippen LogP contribution in [0.2, 0.25) is 0 Å². The van der Waals surface area contributed by atoms with Crippen LogP contribution in [0.5, 0.6) is 0 Å². The molecule has 0 bridgehead atoms. The molecule has 0 aliphatic heterocycles. The van der Waals surface area contributed by atoms with Gasteiger partial charge in [-0.25, -0.2) is 0 Å². The Morgan fingerprint density at radius 2 is 1.78 bits per heavy atom. The van der Waals surface area contributed by atoms with Crippen LogP contribution in [0.3, 0.4) is 0 Å². The first-order chi connectivity index (χ1) is 12.9. The van der Waals surface area contributed by atoms with Crippen molar-refractivity contribution in [2.75, 3.05) is 6.54 Å². The minimum absolute atomic E-state index is 0.140. The third-order valence-corrected chi connectivity index (χ3v) is 4.17. The molecule has 3 atom stereocenters. The molecule has 3 N–H and O–H groups in total. The highest BCUT2D eigenvalue weighted by Gasteiger charge is 2.26. The van der Waals surface area contributed by atoms with Gasteiger partial charge in [0.2, 0.25) is 18.1 Å². The number of rotatable bonds is 12. The van der Waals surface area contributed by atoms with Gasteiger partial charge >= 0.3 is 0 Å². The predicted octanol–water partition coefficient (Wildman–Crippen LogP) is 0.279. The van der Waals surface area contributed by atoms with E-state index in [9.17, 15) is 24.0 Å². The molecule has 3 amide bonds. The van der Waals surface area contributed by atoms with Crippen LogP contribution in [0.15, 0.2) is 30.3 Å². The number of amides is 3. The van der Waals surface area contributed by atoms with Crippen molar-refractivity contribution in [3.8, 4) is 0 Å². The first-order valence-electron chi connectivity index (χ1n) is 8.74. The standard InChI is InChI=1S/C19H25N3O5/c1-3-13(2)9-15(21-12-24)18(26)19(27)20-10-17(25)22-16(11-23)14-7-5-4-6-8-14/h4-8,11-13,15-16H,3,9-10H2,1-2H3,(H,20,27)(H,21,24)(H,22,25). The largest absolute Gasteiger partial charge is 0.348 e. The van der Waals surface area contributed by atoms with Gasteiger partial charge in [-0.2, -0.15) is 0 Å². The van der Waals surface area contributed by atoms with Crippen LogP contribution in [0.4, 0.5) is 0 Å². The summed E-state index contributed by atoms with van der Waals surface area (Å²) in [7, 11) is 0. The van der Waals surface area contributed by atoms with Gasteiger partial charge in [0, 0.05) is 0 Å². The van der Waals surface area contributed by atoms with E-state index in [0.29, 0.717) is 24.7 Å². The maximum atomic E-state index is 12.2. The van der Waals surface area contributed by atoms with Gasteiger partial charge < -0.3 is 20.7 Å². The lowest BCUT2D eigenvalue weighted by Gasteiger charge is -2.18. The number of carbonyl (C=O) groups is 5. The molecular formula is C19H25N3O5. The SMILES string of the molecule is CCC(C)CC(NC=O)C(=O)C(=O)NCC(=O)NC(C=O)c1ccccc1. The van der Waals surface area contributed by atoms with Crippen LogP contribution < -0.4 is 16.0 Å². The number of ketones is 1. The molecule has 0 saturated carbocycles. The summed E-state index contributed by atoms with van der Waals surface area (Å²) in [6.07, 6.45) is 2.08. The number of Topliss-reactive ketones (excluding diaryl/α,β-unsaturated/α-hetero) is 1. The molecule has 0 heterocycles. The van der Waals surface area contributed by atoms with E-state index in [-0.39, 0.29) is 5.92 Å². The first-order valence-corrected chi connectivity index (χ1v) is 8.74. The highest BCUT2D eigenvalue weighted by molar-refractivity contribution is 6.38. The predicted molar refractivity (Wildman–Crippen MR) is 98.5 cm³/mol. The highest BCUT2D eigenvalue weighted by Crippen LogP contribution is 2.11. The molecule has 0 aliphatic carbocycles. The van der Waals surface area contributed by atoms with Gasteiger partial charge in [0.15, 0.2) is 0 Å². The van der Waals surface area contributed by atoms with Gasteiger partial charge in [0.05, 0.1) is 12.6 Å². The Kier molecular flexibility index (Phi) is 9.42. The number of hydrogen-bond donors (Lipinski definition) is 3. The normalized spacial score (nSPS) is 13.6. The Morgan fingerprint density at radius 3 is 2.33 bits per heavy atom. The number of carbonyl (C=O) groups excluding carboxylic acids is 5. The minimum atomic E-state index is -0.963. The van der Waals surface area contributed by atoms with Gasteiger partial charge in [0.1, 0.15) is 12.3 Å². The second kappa shape index (κ2) is 11.6. The summed E-state index contributed by atoms with van der Waals surface area (Å²) in [6, 6.07) is 6.83. The van der Waals surface area contributed by atoms with E-state index in [1.54, 1.807) is 30.3 Å². The fraction of sp³-hybridized carbons (Fsp3) is 0.421. The van der Waals surface area contributed by atoms with Gasteiger partial charge in [-0.3, -0.25) is 19.2 Å². The topological polar surface area (TPSA) is 121 Å². The van der Waals surface area contributed by atoms with Crippen molar-refractivity contribution in [1.82, 2.24) is 16.0 Å². The van der Waals surface area contributed by atoms with Crippen LogP contribution in [0.1, 0.15) is 38.3 Å². The monoisotopic (exact) mass is 375 g/mol. The van der Waals surface area contributed by atoms with Crippen molar-refractivity contribution in [3.05, 3.63) is 35.9 Å². The van der Waals surface area contributed by atoms with Gasteiger partial charge in [-0.15, -0.1) is 0 Å². The molecule has 1 aromatic rings. The molecular weight excluding hydrogens is 350 g/mol. The Morgan fingerprint density at radius 1 is 1.11 bits per heavy atom. The lowest BCUT2D eigenvalue weighted by Crippen LogP contribution is -2.48. The molecule has 146 valence electrons. The third kappa shape index (κ3) is 7.39. The average molecular weight is 375 g/mol. The fourth-order valence-electron chi connectivity index (χ4n) is 2.39. The van der Waals surface area contributed by atoms with Gasteiger partial charge in [-0.05, 0) is 17.9 Å². The molecule has 27 heavy (non-hydrogen) atoms. The van der Waals surface area contributed by atoms with Crippen molar-refractivity contribution in [2.45, 2.75) is 38.8 Å². The summed E-state index contributed by atoms with van der Waals surface area (Å²) in [5, 5.41) is 7.03. The Hall–Kier alpha value is -3.03. The van der Waals surface area contributed by atoms with Crippen LogP contribution in [-0.2, 0) is 24.0 Å². The van der Waals surface area contributed by atoms with E-state index in [0.717, 1.165) is 6.42 Å². The van der Waals surface area contributed by atoms with Crippen molar-refractivity contribution in [3.63, 3.8) is 0 Å². The van der Waals surface area contributed by atoms with E-state index in [1.165, 1.54) is 0 Å². The minimum Gasteiger partial charge on any atom is -0.348 e. The van der Waals surface area contributed by atoms with E-state index in [2.05, 4.69) is 16.0 Å². The molecule has 1 aromatic carbocycles. The Labute approximate surface area is 158 Å². The second-order valence-corrected chi connectivity index (χ2v) is 6.23. The van der Waals surface area contributed by atoms with Crippen molar-refractivity contribution in [2.24, 2.45) is 5.92 Å². The zero-order chi connectivity index (χ0) is 20.2. The molecule has 1 rings (SSSR count). The molecule has 0 saturated heterocycles. The van der Waals surface area contributed by atoms with Crippen LogP contribution >= 0.6 is 0 Å². The fourth-order valence-corrected chi connectivity index (χ4v) is 2.39.